The van der Waals surface area contributed by atoms with E-state index < -0.39 is 14.3 Å². The van der Waals surface area contributed by atoms with Gasteiger partial charge in [0.05, 0.1) is 7.11 Å². The first kappa shape index (κ1) is 15.9. The van der Waals surface area contributed by atoms with E-state index >= 15 is 0 Å². The van der Waals surface area contributed by atoms with Crippen molar-refractivity contribution in [3.8, 4) is 11.8 Å². The van der Waals surface area contributed by atoms with Crippen LogP contribution in [0.3, 0.4) is 0 Å². The molecule has 0 aromatic rings. The lowest BCUT2D eigenvalue weighted by atomic mass is 10.1. The molecule has 96 valence electrons. The Kier molecular flexibility index (Phi) is 7.60. The minimum Gasteiger partial charge on any atom is -0.459 e. The molecule has 0 aliphatic carbocycles. The van der Waals surface area contributed by atoms with Gasteiger partial charge in [-0.2, -0.15) is 0 Å². The van der Waals surface area contributed by atoms with Crippen molar-refractivity contribution in [2.75, 3.05) is 7.11 Å². The Morgan fingerprint density at radius 1 is 1.47 bits per heavy atom. The molecule has 17 heavy (non-hydrogen) atoms. The van der Waals surface area contributed by atoms with Gasteiger partial charge in [-0.1, -0.05) is 12.0 Å². The fourth-order valence-electron chi connectivity index (χ4n) is 1.23. The molecule has 0 aromatic heterocycles. The van der Waals surface area contributed by atoms with Crippen LogP contribution < -0.4 is 0 Å². The van der Waals surface area contributed by atoms with Crippen LogP contribution in [0, 0.1) is 11.8 Å². The van der Waals surface area contributed by atoms with Crippen molar-refractivity contribution in [1.29, 1.82) is 0 Å². The van der Waals surface area contributed by atoms with Crippen LogP contribution in [0.25, 0.3) is 0 Å². The van der Waals surface area contributed by atoms with Gasteiger partial charge in [0.15, 0.2) is 8.32 Å². The SMILES string of the molecule is C=CCCC[C@H](C#CC(=O)OC)O[Si](C)(C)C. The molecule has 0 amide bonds. The average molecular weight is 254 g/mol. The molecule has 0 fully saturated rings. The van der Waals surface area contributed by atoms with Crippen LogP contribution in [0.4, 0.5) is 0 Å². The molecule has 3 nitrogen and oxygen atoms in total. The second-order valence-electron chi connectivity index (χ2n) is 4.70. The van der Waals surface area contributed by atoms with Crippen LogP contribution in [0.15, 0.2) is 12.7 Å². The highest BCUT2D eigenvalue weighted by molar-refractivity contribution is 6.69. The number of carbonyl (C=O) groups excluding carboxylic acids is 1. The number of rotatable bonds is 6. The van der Waals surface area contributed by atoms with Crippen molar-refractivity contribution in [2.45, 2.75) is 45.0 Å². The van der Waals surface area contributed by atoms with Gasteiger partial charge >= 0.3 is 5.97 Å². The summed E-state index contributed by atoms with van der Waals surface area (Å²) in [5.74, 6) is 4.77. The molecular formula is C13H22O3Si. The topological polar surface area (TPSA) is 35.5 Å². The van der Waals surface area contributed by atoms with E-state index in [4.69, 9.17) is 4.43 Å². The third-order valence-electron chi connectivity index (χ3n) is 1.89. The lowest BCUT2D eigenvalue weighted by molar-refractivity contribution is -0.133. The van der Waals surface area contributed by atoms with Gasteiger partial charge in [-0.25, -0.2) is 4.79 Å². The van der Waals surface area contributed by atoms with Gasteiger partial charge in [0.1, 0.15) is 6.10 Å². The molecule has 0 spiro atoms. The Labute approximate surface area is 105 Å². The predicted molar refractivity (Wildman–Crippen MR) is 72.1 cm³/mol. The van der Waals surface area contributed by atoms with Gasteiger partial charge in [-0.3, -0.25) is 0 Å². The Morgan fingerprint density at radius 2 is 2.12 bits per heavy atom. The third-order valence-corrected chi connectivity index (χ3v) is 2.88. The fraction of sp³-hybridized carbons (Fsp3) is 0.615. The van der Waals surface area contributed by atoms with Crippen molar-refractivity contribution in [2.24, 2.45) is 0 Å². The molecular weight excluding hydrogens is 232 g/mol. The Morgan fingerprint density at radius 3 is 2.59 bits per heavy atom. The predicted octanol–water partition coefficient (Wildman–Crippen LogP) is 2.74. The monoisotopic (exact) mass is 254 g/mol. The van der Waals surface area contributed by atoms with Crippen molar-refractivity contribution in [3.05, 3.63) is 12.7 Å². The fourth-order valence-corrected chi connectivity index (χ4v) is 2.26. The summed E-state index contributed by atoms with van der Waals surface area (Å²) in [5, 5.41) is 0. The standard InChI is InChI=1S/C13H22O3Si/c1-6-7-8-9-12(16-17(3,4)5)10-11-13(14)15-2/h6,12H,1,7-9H2,2-5H3/t12-/m1/s1. The minimum absolute atomic E-state index is 0.180. The summed E-state index contributed by atoms with van der Waals surface area (Å²) in [4.78, 5) is 11.0. The maximum Gasteiger partial charge on any atom is 0.384 e. The van der Waals surface area contributed by atoms with Gasteiger partial charge in [-0.15, -0.1) is 6.58 Å². The zero-order chi connectivity index (χ0) is 13.3. The maximum absolute atomic E-state index is 11.0. The second kappa shape index (κ2) is 8.10. The number of allylic oxidation sites excluding steroid dienone is 1. The number of ether oxygens (including phenoxy) is 1. The van der Waals surface area contributed by atoms with Crippen molar-refractivity contribution < 1.29 is 14.0 Å². The third kappa shape index (κ3) is 9.85. The Hall–Kier alpha value is -1.05. The van der Waals surface area contributed by atoms with E-state index in [-0.39, 0.29) is 6.10 Å². The van der Waals surface area contributed by atoms with Gasteiger partial charge in [0.2, 0.25) is 0 Å². The maximum atomic E-state index is 11.0. The van der Waals surface area contributed by atoms with Gasteiger partial charge in [0.25, 0.3) is 0 Å². The molecule has 0 aliphatic rings. The lowest BCUT2D eigenvalue weighted by Crippen LogP contribution is -2.31. The van der Waals surface area contributed by atoms with E-state index in [1.54, 1.807) is 0 Å². The molecule has 0 bridgehead atoms. The molecule has 0 unspecified atom stereocenters. The first-order valence-corrected chi connectivity index (χ1v) is 9.18. The Balaban J connectivity index is 4.42. The molecule has 0 rings (SSSR count). The van der Waals surface area contributed by atoms with Crippen LogP contribution in [-0.4, -0.2) is 27.5 Å². The average Bonchev–Trinajstić information content (AvgIpc) is 2.23. The highest BCUT2D eigenvalue weighted by Crippen LogP contribution is 2.12. The number of hydrogen-bond donors (Lipinski definition) is 0. The van der Waals surface area contributed by atoms with E-state index in [0.717, 1.165) is 19.3 Å². The zero-order valence-corrected chi connectivity index (χ0v) is 12.2. The van der Waals surface area contributed by atoms with Crippen LogP contribution in [0.1, 0.15) is 19.3 Å². The van der Waals surface area contributed by atoms with E-state index in [1.165, 1.54) is 7.11 Å². The van der Waals surface area contributed by atoms with E-state index in [2.05, 4.69) is 42.8 Å². The Bertz CT molecular complexity index is 307. The van der Waals surface area contributed by atoms with Gasteiger partial charge < -0.3 is 9.16 Å². The molecule has 0 saturated heterocycles. The molecule has 0 N–H and O–H groups in total. The number of esters is 1. The number of methoxy groups -OCH3 is 1. The molecule has 0 aromatic carbocycles. The van der Waals surface area contributed by atoms with Crippen LogP contribution >= 0.6 is 0 Å². The molecule has 4 heteroatoms. The number of carbonyl (C=O) groups is 1. The van der Waals surface area contributed by atoms with Crippen LogP contribution in [0.5, 0.6) is 0 Å². The molecule has 0 saturated carbocycles. The summed E-state index contributed by atoms with van der Waals surface area (Å²) in [7, 11) is -0.321. The molecule has 1 atom stereocenters. The van der Waals surface area contributed by atoms with E-state index in [9.17, 15) is 4.79 Å². The summed E-state index contributed by atoms with van der Waals surface area (Å²) in [6.45, 7) is 9.99. The van der Waals surface area contributed by atoms with Crippen molar-refractivity contribution >= 4 is 14.3 Å². The van der Waals surface area contributed by atoms with E-state index in [0.29, 0.717) is 0 Å². The second-order valence-corrected chi connectivity index (χ2v) is 9.16. The smallest absolute Gasteiger partial charge is 0.384 e. The molecule has 0 radical (unpaired) electrons. The summed E-state index contributed by atoms with van der Waals surface area (Å²) in [6.07, 6.45) is 4.42. The van der Waals surface area contributed by atoms with Crippen LogP contribution in [-0.2, 0) is 14.0 Å². The minimum atomic E-state index is -1.64. The lowest BCUT2D eigenvalue weighted by Gasteiger charge is -2.22. The first-order chi connectivity index (χ1) is 7.89. The van der Waals surface area contributed by atoms with Gasteiger partial charge in [-0.05, 0) is 38.9 Å². The summed E-state index contributed by atoms with van der Waals surface area (Å²) in [5.41, 5.74) is 0. The molecule has 0 aliphatic heterocycles. The van der Waals surface area contributed by atoms with Crippen molar-refractivity contribution in [3.63, 3.8) is 0 Å². The first-order valence-electron chi connectivity index (χ1n) is 5.77. The summed E-state index contributed by atoms with van der Waals surface area (Å²) in [6, 6.07) is 0. The van der Waals surface area contributed by atoms with Crippen molar-refractivity contribution in [1.82, 2.24) is 0 Å². The zero-order valence-electron chi connectivity index (χ0n) is 11.2. The molecule has 0 heterocycles. The van der Waals surface area contributed by atoms with E-state index in [1.807, 2.05) is 6.08 Å². The number of unbranched alkanes of at least 4 members (excludes halogenated alkanes) is 1. The number of hydrogen-bond acceptors (Lipinski definition) is 3. The summed E-state index contributed by atoms with van der Waals surface area (Å²) < 4.78 is 10.4. The van der Waals surface area contributed by atoms with Gasteiger partial charge in [0, 0.05) is 5.92 Å². The largest absolute Gasteiger partial charge is 0.459 e. The normalized spacial score (nSPS) is 12.2. The highest BCUT2D eigenvalue weighted by atomic mass is 28.4. The highest BCUT2D eigenvalue weighted by Gasteiger charge is 2.19. The summed E-state index contributed by atoms with van der Waals surface area (Å²) >= 11 is 0. The van der Waals surface area contributed by atoms with Crippen LogP contribution in [0.2, 0.25) is 19.6 Å². The quantitative estimate of drug-likeness (QED) is 0.183.